The molecule has 0 spiro atoms. The standard InChI is InChI=1S/C9H5F7I.H2O4S/c10-7(11,8(12,13)14)9(15,16)17-6-4-2-1-3-5-6;1-5(2,3)4/h1-5H;(H2,1,2,3,4)/q+1;/p-1. The number of alkyl halides is 8. The predicted molar refractivity (Wildman–Crippen MR) is 53.4 cm³/mol. The molecule has 13 heteroatoms. The number of rotatable bonds is 3. The molecule has 0 atom stereocenters. The Morgan fingerprint density at radius 2 is 1.32 bits per heavy atom. The fraction of sp³-hybridized carbons (Fsp3) is 0.333. The Balaban J connectivity index is 0.000000763. The van der Waals surface area contributed by atoms with Gasteiger partial charge in [0.2, 0.25) is 10.4 Å². The second-order valence-corrected chi connectivity index (χ2v) is 7.38. The molecule has 0 radical (unpaired) electrons. The van der Waals surface area contributed by atoms with Crippen molar-refractivity contribution in [1.82, 2.24) is 0 Å². The SMILES string of the molecule is FC(F)(F)C(F)(F)C(F)(F)[I+]c1ccccc1.O=S(=O)([O-])O. The van der Waals surface area contributed by atoms with Crippen LogP contribution in [0.3, 0.4) is 0 Å². The molecule has 0 bridgehead atoms. The van der Waals surface area contributed by atoms with Gasteiger partial charge in [0, 0.05) is 0 Å². The Morgan fingerprint density at radius 1 is 0.955 bits per heavy atom. The fourth-order valence-corrected chi connectivity index (χ4v) is 3.04. The van der Waals surface area contributed by atoms with Crippen LogP contribution in [-0.4, -0.2) is 33.6 Å². The van der Waals surface area contributed by atoms with Gasteiger partial charge in [-0.05, 0) is 12.1 Å². The summed E-state index contributed by atoms with van der Waals surface area (Å²) >= 11 is -2.78. The first-order valence-corrected chi connectivity index (χ1v) is 8.32. The molecule has 1 N–H and O–H groups in total. The van der Waals surface area contributed by atoms with E-state index >= 15 is 0 Å². The van der Waals surface area contributed by atoms with Gasteiger partial charge in [-0.25, -0.2) is 8.42 Å². The molecular formula is C9H6F7IO4S. The highest BCUT2D eigenvalue weighted by atomic mass is 127. The van der Waals surface area contributed by atoms with Crippen LogP contribution in [0.2, 0.25) is 0 Å². The fourth-order valence-electron chi connectivity index (χ4n) is 0.835. The van der Waals surface area contributed by atoms with E-state index in [1.807, 2.05) is 0 Å². The third kappa shape index (κ3) is 7.06. The summed E-state index contributed by atoms with van der Waals surface area (Å²) in [6.45, 7) is 0. The molecule has 1 aromatic carbocycles. The first-order chi connectivity index (χ1) is 9.58. The Hall–Kier alpha value is -0.670. The van der Waals surface area contributed by atoms with E-state index in [9.17, 15) is 30.7 Å². The number of hydrogen-bond donors (Lipinski definition) is 1. The lowest BCUT2D eigenvalue weighted by atomic mass is 10.3. The third-order valence-electron chi connectivity index (χ3n) is 1.67. The van der Waals surface area contributed by atoms with Crippen LogP contribution >= 0.6 is 0 Å². The molecule has 0 aromatic heterocycles. The summed E-state index contributed by atoms with van der Waals surface area (Å²) in [5, 5.41) is 0. The molecular weight excluding hydrogens is 464 g/mol. The van der Waals surface area contributed by atoms with Gasteiger partial charge in [0.05, 0.1) is 0 Å². The Bertz CT molecular complexity index is 565. The summed E-state index contributed by atoms with van der Waals surface area (Å²) in [7, 11) is -4.92. The van der Waals surface area contributed by atoms with Gasteiger partial charge >= 0.3 is 37.2 Å². The van der Waals surface area contributed by atoms with Crippen molar-refractivity contribution >= 4 is 10.4 Å². The molecule has 0 saturated heterocycles. The zero-order chi connectivity index (χ0) is 17.8. The maximum atomic E-state index is 13.0. The van der Waals surface area contributed by atoms with E-state index < -0.39 is 47.6 Å². The minimum Gasteiger partial charge on any atom is -0.726 e. The predicted octanol–water partition coefficient (Wildman–Crippen LogP) is -0.260. The topological polar surface area (TPSA) is 77.4 Å². The van der Waals surface area contributed by atoms with Crippen molar-refractivity contribution in [3.8, 4) is 0 Å². The second-order valence-electron chi connectivity index (χ2n) is 3.39. The van der Waals surface area contributed by atoms with Crippen molar-refractivity contribution in [3.63, 3.8) is 0 Å². The van der Waals surface area contributed by atoms with E-state index in [4.69, 9.17) is 17.5 Å². The molecule has 0 amide bonds. The van der Waals surface area contributed by atoms with E-state index in [-0.39, 0.29) is 3.57 Å². The van der Waals surface area contributed by atoms with Gasteiger partial charge in [0.15, 0.2) is 3.57 Å². The molecule has 0 saturated carbocycles. The van der Waals surface area contributed by atoms with Crippen molar-refractivity contribution < 1.29 is 69.5 Å². The molecule has 0 aliphatic rings. The molecule has 1 rings (SSSR count). The molecule has 128 valence electrons. The second kappa shape index (κ2) is 7.27. The van der Waals surface area contributed by atoms with Crippen molar-refractivity contribution in [2.75, 3.05) is 0 Å². The molecule has 0 unspecified atom stereocenters. The van der Waals surface area contributed by atoms with Crippen LogP contribution in [0.5, 0.6) is 0 Å². The highest BCUT2D eigenvalue weighted by Gasteiger charge is 2.81. The van der Waals surface area contributed by atoms with E-state index in [1.165, 1.54) is 18.2 Å². The van der Waals surface area contributed by atoms with Crippen LogP contribution in [0.1, 0.15) is 0 Å². The van der Waals surface area contributed by atoms with E-state index in [0.717, 1.165) is 12.1 Å². The maximum absolute atomic E-state index is 13.0. The normalized spacial score (nSPS) is 13.3. The minimum absolute atomic E-state index is 0.180. The van der Waals surface area contributed by atoms with Crippen LogP contribution in [0.4, 0.5) is 30.7 Å². The van der Waals surface area contributed by atoms with Gasteiger partial charge in [-0.3, -0.25) is 4.55 Å². The van der Waals surface area contributed by atoms with E-state index in [2.05, 4.69) is 0 Å². The van der Waals surface area contributed by atoms with Gasteiger partial charge in [-0.1, -0.05) is 18.2 Å². The van der Waals surface area contributed by atoms with Crippen molar-refractivity contribution in [2.24, 2.45) is 0 Å². The zero-order valence-electron chi connectivity index (χ0n) is 9.99. The van der Waals surface area contributed by atoms with Crippen LogP contribution in [0.15, 0.2) is 30.3 Å². The van der Waals surface area contributed by atoms with E-state index in [1.54, 1.807) is 0 Å². The maximum Gasteiger partial charge on any atom is 0.520 e. The van der Waals surface area contributed by atoms with Gasteiger partial charge in [0.1, 0.15) is 0 Å². The molecule has 0 fully saturated rings. The average molecular weight is 470 g/mol. The molecule has 0 heterocycles. The summed E-state index contributed by atoms with van der Waals surface area (Å²) in [5.74, 6) is -6.00. The first kappa shape index (κ1) is 21.3. The van der Waals surface area contributed by atoms with Gasteiger partial charge in [0.25, 0.3) is 0 Å². The van der Waals surface area contributed by atoms with Crippen molar-refractivity contribution in [2.45, 2.75) is 16.0 Å². The van der Waals surface area contributed by atoms with Crippen LogP contribution in [0, 0.1) is 3.57 Å². The van der Waals surface area contributed by atoms with Crippen LogP contribution < -0.4 is 21.2 Å². The monoisotopic (exact) mass is 470 g/mol. The number of benzene rings is 1. The highest BCUT2D eigenvalue weighted by molar-refractivity contribution is 7.79. The molecule has 22 heavy (non-hydrogen) atoms. The molecule has 0 aliphatic carbocycles. The molecule has 4 nitrogen and oxygen atoms in total. The summed E-state index contributed by atoms with van der Waals surface area (Å²) in [6.07, 6.45) is -6.25. The lowest BCUT2D eigenvalue weighted by molar-refractivity contribution is -0.790. The lowest BCUT2D eigenvalue weighted by Crippen LogP contribution is -3.68. The summed E-state index contributed by atoms with van der Waals surface area (Å²) in [4.78, 5) is 0. The van der Waals surface area contributed by atoms with Crippen molar-refractivity contribution in [1.29, 1.82) is 0 Å². The number of halogens is 8. The Morgan fingerprint density at radius 3 is 1.64 bits per heavy atom. The highest BCUT2D eigenvalue weighted by Crippen LogP contribution is 2.42. The van der Waals surface area contributed by atoms with E-state index in [0.29, 0.717) is 0 Å². The van der Waals surface area contributed by atoms with Gasteiger partial charge in [-0.2, -0.15) is 22.0 Å². The Labute approximate surface area is 130 Å². The Kier molecular flexibility index (Phi) is 7.05. The minimum atomic E-state index is -6.25. The quantitative estimate of drug-likeness (QED) is 0.217. The third-order valence-corrected chi connectivity index (χ3v) is 4.37. The first-order valence-electron chi connectivity index (χ1n) is 4.79. The summed E-state index contributed by atoms with van der Waals surface area (Å²) in [5.41, 5.74) is 0. The smallest absolute Gasteiger partial charge is 0.520 e. The molecule has 0 aliphatic heterocycles. The summed E-state index contributed by atoms with van der Waals surface area (Å²) < 4.78 is 114. The average Bonchev–Trinajstić information content (AvgIpc) is 2.25. The number of hydrogen-bond acceptors (Lipinski definition) is 3. The van der Waals surface area contributed by atoms with Gasteiger partial charge in [-0.15, -0.1) is 8.78 Å². The van der Waals surface area contributed by atoms with Crippen LogP contribution in [0.25, 0.3) is 0 Å². The zero-order valence-corrected chi connectivity index (χ0v) is 13.0. The summed E-state index contributed by atoms with van der Waals surface area (Å²) in [6, 6.07) is 6.27. The largest absolute Gasteiger partial charge is 0.726 e. The van der Waals surface area contributed by atoms with Crippen molar-refractivity contribution in [3.05, 3.63) is 33.9 Å². The van der Waals surface area contributed by atoms with Gasteiger partial charge < -0.3 is 4.55 Å². The van der Waals surface area contributed by atoms with Crippen LogP contribution in [-0.2, 0) is 10.4 Å². The molecule has 1 aromatic rings. The lowest BCUT2D eigenvalue weighted by Gasteiger charge is -2.19.